The fourth-order valence-corrected chi connectivity index (χ4v) is 2.34. The Morgan fingerprint density at radius 1 is 1.18 bits per heavy atom. The molecule has 0 saturated carbocycles. The van der Waals surface area contributed by atoms with Gasteiger partial charge in [-0.15, -0.1) is 0 Å². The first-order valence-corrected chi connectivity index (χ1v) is 6.84. The Morgan fingerprint density at radius 2 is 1.95 bits per heavy atom. The van der Waals surface area contributed by atoms with Gasteiger partial charge in [0, 0.05) is 22.8 Å². The molecule has 0 spiro atoms. The smallest absolute Gasteiger partial charge is 0.244 e. The molecule has 1 N–H and O–H groups in total. The normalized spacial score (nSPS) is 10.6. The number of carbonyl (C=O) groups is 1. The first-order chi connectivity index (χ1) is 10.7. The molecule has 0 bridgehead atoms. The van der Waals surface area contributed by atoms with Gasteiger partial charge in [0.15, 0.2) is 0 Å². The summed E-state index contributed by atoms with van der Waals surface area (Å²) >= 11 is 0. The zero-order valence-corrected chi connectivity index (χ0v) is 12.0. The lowest BCUT2D eigenvalue weighted by Crippen LogP contribution is -2.18. The Morgan fingerprint density at radius 3 is 2.68 bits per heavy atom. The molecule has 0 atom stereocenters. The van der Waals surface area contributed by atoms with Gasteiger partial charge in [0.25, 0.3) is 0 Å². The summed E-state index contributed by atoms with van der Waals surface area (Å²) in [6.45, 7) is 0.168. The van der Waals surface area contributed by atoms with Crippen LogP contribution in [0.3, 0.4) is 0 Å². The molecule has 112 valence electrons. The lowest BCUT2D eigenvalue weighted by atomic mass is 10.2. The minimum atomic E-state index is -0.284. The van der Waals surface area contributed by atoms with Crippen molar-refractivity contribution in [2.45, 2.75) is 6.54 Å². The summed E-state index contributed by atoms with van der Waals surface area (Å²) in [7, 11) is 1.59. The zero-order valence-electron chi connectivity index (χ0n) is 12.0. The van der Waals surface area contributed by atoms with E-state index in [0.29, 0.717) is 5.69 Å². The molecule has 0 fully saturated rings. The maximum Gasteiger partial charge on any atom is 0.244 e. The molecular formula is C17H15FN2O2. The third-order valence-corrected chi connectivity index (χ3v) is 3.42. The third kappa shape index (κ3) is 2.93. The van der Waals surface area contributed by atoms with Crippen molar-refractivity contribution in [3.8, 4) is 5.75 Å². The maximum absolute atomic E-state index is 13.2. The summed E-state index contributed by atoms with van der Waals surface area (Å²) in [5.41, 5.74) is 1.53. The minimum absolute atomic E-state index is 0.146. The summed E-state index contributed by atoms with van der Waals surface area (Å²) < 4.78 is 20.0. The summed E-state index contributed by atoms with van der Waals surface area (Å²) in [6, 6.07) is 13.4. The third-order valence-electron chi connectivity index (χ3n) is 3.42. The molecule has 0 radical (unpaired) electrons. The van der Waals surface area contributed by atoms with Crippen LogP contribution in [0.1, 0.15) is 0 Å². The van der Waals surface area contributed by atoms with Crippen LogP contribution in [0.2, 0.25) is 0 Å². The number of fused-ring (bicyclic) bond motifs is 1. The van der Waals surface area contributed by atoms with E-state index in [1.807, 2.05) is 0 Å². The minimum Gasteiger partial charge on any atom is -0.497 e. The molecule has 3 aromatic rings. The van der Waals surface area contributed by atoms with Crippen LogP contribution < -0.4 is 10.1 Å². The van der Waals surface area contributed by atoms with Crippen molar-refractivity contribution in [1.82, 2.24) is 4.57 Å². The second-order valence-electron chi connectivity index (χ2n) is 4.92. The SMILES string of the molecule is COc1ccc(NC(=O)Cn2ccc3cc(F)ccc32)cc1. The van der Waals surface area contributed by atoms with Gasteiger partial charge < -0.3 is 14.6 Å². The first kappa shape index (κ1) is 14.1. The monoisotopic (exact) mass is 298 g/mol. The van der Waals surface area contributed by atoms with Gasteiger partial charge >= 0.3 is 0 Å². The number of hydrogen-bond donors (Lipinski definition) is 1. The Hall–Kier alpha value is -2.82. The molecule has 1 amide bonds. The highest BCUT2D eigenvalue weighted by Crippen LogP contribution is 2.18. The van der Waals surface area contributed by atoms with Gasteiger partial charge in [-0.05, 0) is 48.5 Å². The van der Waals surface area contributed by atoms with Crippen LogP contribution in [0.4, 0.5) is 10.1 Å². The van der Waals surface area contributed by atoms with Crippen LogP contribution in [0.5, 0.6) is 5.75 Å². The van der Waals surface area contributed by atoms with E-state index >= 15 is 0 Å². The summed E-state index contributed by atoms with van der Waals surface area (Å²) in [6.07, 6.45) is 1.78. The van der Waals surface area contributed by atoms with E-state index in [1.165, 1.54) is 12.1 Å². The molecule has 0 saturated heterocycles. The lowest BCUT2D eigenvalue weighted by Gasteiger charge is -2.08. The molecule has 0 unspecified atom stereocenters. The van der Waals surface area contributed by atoms with Gasteiger partial charge in [-0.2, -0.15) is 0 Å². The second kappa shape index (κ2) is 5.89. The molecule has 0 aliphatic carbocycles. The van der Waals surface area contributed by atoms with Crippen LogP contribution in [0.25, 0.3) is 10.9 Å². The Balaban J connectivity index is 1.72. The van der Waals surface area contributed by atoms with Gasteiger partial charge in [-0.25, -0.2) is 4.39 Å². The van der Waals surface area contributed by atoms with E-state index < -0.39 is 0 Å². The van der Waals surface area contributed by atoms with E-state index in [2.05, 4.69) is 5.32 Å². The van der Waals surface area contributed by atoms with Crippen molar-refractivity contribution < 1.29 is 13.9 Å². The molecule has 22 heavy (non-hydrogen) atoms. The van der Waals surface area contributed by atoms with Crippen molar-refractivity contribution >= 4 is 22.5 Å². The van der Waals surface area contributed by atoms with Crippen molar-refractivity contribution in [3.63, 3.8) is 0 Å². The second-order valence-corrected chi connectivity index (χ2v) is 4.92. The highest BCUT2D eigenvalue weighted by molar-refractivity contribution is 5.92. The lowest BCUT2D eigenvalue weighted by molar-refractivity contribution is -0.116. The first-order valence-electron chi connectivity index (χ1n) is 6.84. The summed E-state index contributed by atoms with van der Waals surface area (Å²) in [5, 5.41) is 3.59. The van der Waals surface area contributed by atoms with E-state index in [-0.39, 0.29) is 18.3 Å². The number of anilines is 1. The Bertz CT molecular complexity index is 809. The quantitative estimate of drug-likeness (QED) is 0.802. The number of nitrogens with zero attached hydrogens (tertiary/aromatic N) is 1. The molecule has 3 rings (SSSR count). The number of aromatic nitrogens is 1. The molecule has 0 aliphatic heterocycles. The van der Waals surface area contributed by atoms with Crippen LogP contribution in [-0.2, 0) is 11.3 Å². The summed E-state index contributed by atoms with van der Waals surface area (Å²) in [4.78, 5) is 12.1. The molecule has 1 heterocycles. The fraction of sp³-hybridized carbons (Fsp3) is 0.118. The number of nitrogens with one attached hydrogen (secondary N) is 1. The predicted octanol–water partition coefficient (Wildman–Crippen LogP) is 3.43. The average Bonchev–Trinajstić information content (AvgIpc) is 2.90. The van der Waals surface area contributed by atoms with Crippen LogP contribution in [-0.4, -0.2) is 17.6 Å². The summed E-state index contributed by atoms with van der Waals surface area (Å²) in [5.74, 6) is 0.302. The van der Waals surface area contributed by atoms with E-state index in [0.717, 1.165) is 16.7 Å². The molecular weight excluding hydrogens is 283 g/mol. The maximum atomic E-state index is 13.2. The van der Waals surface area contributed by atoms with Gasteiger partial charge in [-0.3, -0.25) is 4.79 Å². The number of carbonyl (C=O) groups excluding carboxylic acids is 1. The number of hydrogen-bond acceptors (Lipinski definition) is 2. The average molecular weight is 298 g/mol. The number of halogens is 1. The molecule has 5 heteroatoms. The highest BCUT2D eigenvalue weighted by Gasteiger charge is 2.07. The molecule has 1 aromatic heterocycles. The molecule has 0 aliphatic rings. The van der Waals surface area contributed by atoms with Crippen LogP contribution in [0.15, 0.2) is 54.7 Å². The number of methoxy groups -OCH3 is 1. The van der Waals surface area contributed by atoms with Gasteiger partial charge in [0.05, 0.1) is 7.11 Å². The Labute approximate surface area is 127 Å². The number of rotatable bonds is 4. The number of amides is 1. The highest BCUT2D eigenvalue weighted by atomic mass is 19.1. The van der Waals surface area contributed by atoms with E-state index in [4.69, 9.17) is 4.74 Å². The van der Waals surface area contributed by atoms with Crippen LogP contribution >= 0.6 is 0 Å². The van der Waals surface area contributed by atoms with Gasteiger partial charge in [-0.1, -0.05) is 0 Å². The fourth-order valence-electron chi connectivity index (χ4n) is 2.34. The largest absolute Gasteiger partial charge is 0.497 e. The standard InChI is InChI=1S/C17H15FN2O2/c1-22-15-5-3-14(4-6-15)19-17(21)11-20-9-8-12-10-13(18)2-7-16(12)20/h2-10H,11H2,1H3,(H,19,21). The van der Waals surface area contributed by atoms with Crippen LogP contribution in [0, 0.1) is 5.82 Å². The van der Waals surface area contributed by atoms with Crippen molar-refractivity contribution in [2.24, 2.45) is 0 Å². The number of ether oxygens (including phenoxy) is 1. The zero-order chi connectivity index (χ0) is 15.5. The van der Waals surface area contributed by atoms with E-state index in [9.17, 15) is 9.18 Å². The van der Waals surface area contributed by atoms with Gasteiger partial charge in [0.2, 0.25) is 5.91 Å². The molecule has 2 aromatic carbocycles. The van der Waals surface area contributed by atoms with Crippen molar-refractivity contribution in [2.75, 3.05) is 12.4 Å². The van der Waals surface area contributed by atoms with Gasteiger partial charge in [0.1, 0.15) is 18.1 Å². The topological polar surface area (TPSA) is 43.3 Å². The molecule has 4 nitrogen and oxygen atoms in total. The predicted molar refractivity (Wildman–Crippen MR) is 83.5 cm³/mol. The van der Waals surface area contributed by atoms with Crippen molar-refractivity contribution in [3.05, 3.63) is 60.5 Å². The van der Waals surface area contributed by atoms with E-state index in [1.54, 1.807) is 54.3 Å². The number of benzene rings is 2. The Kier molecular flexibility index (Phi) is 3.78. The van der Waals surface area contributed by atoms with Crippen molar-refractivity contribution in [1.29, 1.82) is 0 Å².